The van der Waals surface area contributed by atoms with Crippen LogP contribution in [0.25, 0.3) is 87.7 Å². The van der Waals surface area contributed by atoms with Crippen LogP contribution in [-0.2, 0) is 0 Å². The van der Waals surface area contributed by atoms with E-state index in [1.807, 2.05) is 23.5 Å². The van der Waals surface area contributed by atoms with Crippen LogP contribution >= 0.6 is 11.3 Å². The van der Waals surface area contributed by atoms with Crippen molar-refractivity contribution in [2.24, 2.45) is 0 Å². The zero-order chi connectivity index (χ0) is 32.6. The number of hydrogen-bond acceptors (Lipinski definition) is 4. The van der Waals surface area contributed by atoms with E-state index in [0.29, 0.717) is 17.5 Å². The highest BCUT2D eigenvalue weighted by atomic mass is 32.1. The van der Waals surface area contributed by atoms with Gasteiger partial charge in [-0.2, -0.15) is 0 Å². The van der Waals surface area contributed by atoms with Gasteiger partial charge < -0.3 is 0 Å². The summed E-state index contributed by atoms with van der Waals surface area (Å²) in [7, 11) is 0. The van der Waals surface area contributed by atoms with Gasteiger partial charge in [0.15, 0.2) is 17.5 Å². The minimum Gasteiger partial charge on any atom is -0.208 e. The van der Waals surface area contributed by atoms with Gasteiger partial charge in [0.2, 0.25) is 0 Å². The Hall–Kier alpha value is -6.23. The molecule has 0 N–H and O–H groups in total. The maximum atomic E-state index is 5.22. The van der Waals surface area contributed by atoms with Crippen molar-refractivity contribution in [3.63, 3.8) is 0 Å². The first kappa shape index (κ1) is 29.0. The van der Waals surface area contributed by atoms with Gasteiger partial charge in [-0.15, -0.1) is 11.3 Å². The van der Waals surface area contributed by atoms with Gasteiger partial charge in [0, 0.05) is 36.9 Å². The zero-order valence-corrected chi connectivity index (χ0v) is 27.3. The minimum atomic E-state index is 0.643. The molecule has 9 aromatic rings. The van der Waals surface area contributed by atoms with Crippen LogP contribution in [0.5, 0.6) is 0 Å². The number of rotatable bonds is 6. The normalized spacial score (nSPS) is 11.3. The topological polar surface area (TPSA) is 38.7 Å². The summed E-state index contributed by atoms with van der Waals surface area (Å²) < 4.78 is 2.45. The predicted molar refractivity (Wildman–Crippen MR) is 205 cm³/mol. The second-order valence-corrected chi connectivity index (χ2v) is 13.1. The van der Waals surface area contributed by atoms with E-state index in [9.17, 15) is 0 Å². The molecule has 0 unspecified atom stereocenters. The average molecular weight is 644 g/mol. The fourth-order valence-corrected chi connectivity index (χ4v) is 7.64. The first-order valence-corrected chi connectivity index (χ1v) is 17.2. The fourth-order valence-electron chi connectivity index (χ4n) is 6.47. The van der Waals surface area contributed by atoms with E-state index < -0.39 is 0 Å². The molecule has 0 radical (unpaired) electrons. The van der Waals surface area contributed by atoms with E-state index in [2.05, 4.69) is 164 Å². The molecule has 4 heteroatoms. The molecule has 0 aliphatic carbocycles. The highest BCUT2D eigenvalue weighted by Gasteiger charge is 2.19. The largest absolute Gasteiger partial charge is 0.208 e. The molecule has 0 aliphatic rings. The Labute approximate surface area is 288 Å². The molecule has 230 valence electrons. The smallest absolute Gasteiger partial charge is 0.164 e. The lowest BCUT2D eigenvalue weighted by molar-refractivity contribution is 1.08. The Morgan fingerprint density at radius 1 is 0.306 bits per heavy atom. The molecule has 0 fully saturated rings. The molecule has 2 aromatic heterocycles. The molecular formula is C45H29N3S. The lowest BCUT2D eigenvalue weighted by Crippen LogP contribution is -2.01. The van der Waals surface area contributed by atoms with Crippen molar-refractivity contribution >= 4 is 31.5 Å². The Morgan fingerprint density at radius 2 is 0.714 bits per heavy atom. The fraction of sp³-hybridized carbons (Fsp3) is 0. The molecule has 0 spiro atoms. The van der Waals surface area contributed by atoms with Crippen LogP contribution in [0.3, 0.4) is 0 Å². The maximum absolute atomic E-state index is 5.22. The molecule has 9 rings (SSSR count). The van der Waals surface area contributed by atoms with Crippen LogP contribution in [0.4, 0.5) is 0 Å². The summed E-state index contributed by atoms with van der Waals surface area (Å²) in [6.45, 7) is 0. The monoisotopic (exact) mass is 643 g/mol. The van der Waals surface area contributed by atoms with Crippen molar-refractivity contribution in [1.82, 2.24) is 15.0 Å². The first-order valence-electron chi connectivity index (χ1n) is 16.4. The minimum absolute atomic E-state index is 0.643. The van der Waals surface area contributed by atoms with Gasteiger partial charge >= 0.3 is 0 Å². The third-order valence-electron chi connectivity index (χ3n) is 8.96. The van der Waals surface area contributed by atoms with Crippen molar-refractivity contribution < 1.29 is 0 Å². The molecule has 0 amide bonds. The summed E-state index contributed by atoms with van der Waals surface area (Å²) in [6.07, 6.45) is 0. The summed E-state index contributed by atoms with van der Waals surface area (Å²) in [5.74, 6) is 1.94. The van der Waals surface area contributed by atoms with Gasteiger partial charge in [-0.3, -0.25) is 0 Å². The third kappa shape index (κ3) is 5.58. The van der Waals surface area contributed by atoms with Crippen molar-refractivity contribution in [3.05, 3.63) is 176 Å². The molecular weight excluding hydrogens is 615 g/mol. The number of aromatic nitrogens is 3. The average Bonchev–Trinajstić information content (AvgIpc) is 3.57. The van der Waals surface area contributed by atoms with Crippen LogP contribution in [-0.4, -0.2) is 15.0 Å². The van der Waals surface area contributed by atoms with Gasteiger partial charge in [-0.05, 0) is 51.6 Å². The van der Waals surface area contributed by atoms with E-state index in [4.69, 9.17) is 15.0 Å². The van der Waals surface area contributed by atoms with E-state index in [1.54, 1.807) is 0 Å². The van der Waals surface area contributed by atoms with Gasteiger partial charge in [-0.25, -0.2) is 15.0 Å². The Kier molecular flexibility index (Phi) is 7.34. The summed E-state index contributed by atoms with van der Waals surface area (Å²) in [6, 6.07) is 61.6. The van der Waals surface area contributed by atoms with Gasteiger partial charge in [-0.1, -0.05) is 158 Å². The number of nitrogens with zero attached hydrogens (tertiary/aromatic N) is 3. The molecule has 0 saturated carbocycles. The summed E-state index contributed by atoms with van der Waals surface area (Å²) in [5, 5.41) is 2.38. The van der Waals surface area contributed by atoms with E-state index in [-0.39, 0.29) is 0 Å². The Balaban J connectivity index is 1.25. The highest BCUT2D eigenvalue weighted by molar-refractivity contribution is 7.26. The number of fused-ring (bicyclic) bond motifs is 3. The first-order chi connectivity index (χ1) is 24.3. The van der Waals surface area contributed by atoms with Crippen molar-refractivity contribution in [2.45, 2.75) is 0 Å². The molecule has 0 aliphatic heterocycles. The summed E-state index contributed by atoms with van der Waals surface area (Å²) in [4.78, 5) is 15.5. The number of hydrogen-bond donors (Lipinski definition) is 0. The second kappa shape index (κ2) is 12.4. The van der Waals surface area contributed by atoms with Crippen LogP contribution in [0.1, 0.15) is 0 Å². The molecule has 7 aromatic carbocycles. The molecule has 0 saturated heterocycles. The number of thiophene rings is 1. The van der Waals surface area contributed by atoms with Crippen LogP contribution in [0.2, 0.25) is 0 Å². The van der Waals surface area contributed by atoms with Crippen molar-refractivity contribution in [3.8, 4) is 67.5 Å². The molecule has 2 heterocycles. The summed E-state index contributed by atoms with van der Waals surface area (Å²) in [5.41, 5.74) is 9.83. The van der Waals surface area contributed by atoms with Crippen LogP contribution < -0.4 is 0 Å². The molecule has 3 nitrogen and oxygen atoms in total. The summed E-state index contributed by atoms with van der Waals surface area (Å²) >= 11 is 1.81. The van der Waals surface area contributed by atoms with Crippen LogP contribution in [0.15, 0.2) is 176 Å². The molecule has 49 heavy (non-hydrogen) atoms. The van der Waals surface area contributed by atoms with Gasteiger partial charge in [0.25, 0.3) is 0 Å². The quantitative estimate of drug-likeness (QED) is 0.181. The van der Waals surface area contributed by atoms with Gasteiger partial charge in [0.05, 0.1) is 0 Å². The number of benzene rings is 7. The van der Waals surface area contributed by atoms with E-state index in [0.717, 1.165) is 38.9 Å². The highest BCUT2D eigenvalue weighted by Crippen LogP contribution is 2.42. The Morgan fingerprint density at radius 3 is 1.24 bits per heavy atom. The van der Waals surface area contributed by atoms with Crippen LogP contribution in [0, 0.1) is 0 Å². The Bertz CT molecular complexity index is 2460. The van der Waals surface area contributed by atoms with Crippen molar-refractivity contribution in [1.29, 1.82) is 0 Å². The van der Waals surface area contributed by atoms with E-state index in [1.165, 1.54) is 31.3 Å². The lowest BCUT2D eigenvalue weighted by Gasteiger charge is -2.12. The SMILES string of the molecule is c1ccc(-c2ccc(-c3nc(-c4ccc(-c5ccccc5)cc4)nc(-c4cc(-c5ccccc5)cc5sc6ccccc6c45)n3)cc2)cc1. The third-order valence-corrected chi connectivity index (χ3v) is 10.1. The molecule has 0 bridgehead atoms. The predicted octanol–water partition coefficient (Wildman–Crippen LogP) is 12.2. The second-order valence-electron chi connectivity index (χ2n) is 12.1. The van der Waals surface area contributed by atoms with Crippen molar-refractivity contribution in [2.75, 3.05) is 0 Å². The molecule has 0 atom stereocenters. The standard InChI is InChI=1S/C45H29N3S/c1-4-12-30(13-5-1)33-20-24-35(25-21-33)43-46-44(36-26-22-34(23-27-36)31-14-6-2-7-15-31)48-45(47-43)39-28-37(32-16-8-3-9-17-32)29-41-42(39)38-18-10-11-19-40(38)49-41/h1-29H. The maximum Gasteiger partial charge on any atom is 0.164 e. The zero-order valence-electron chi connectivity index (χ0n) is 26.5. The lowest BCUT2D eigenvalue weighted by atomic mass is 9.98. The van der Waals surface area contributed by atoms with E-state index >= 15 is 0 Å². The van der Waals surface area contributed by atoms with Gasteiger partial charge in [0.1, 0.15) is 0 Å².